The summed E-state index contributed by atoms with van der Waals surface area (Å²) in [6.45, 7) is 0. The molecule has 160 valence electrons. The first-order valence-electron chi connectivity index (χ1n) is 10.0. The van der Waals surface area contributed by atoms with Crippen molar-refractivity contribution in [3.8, 4) is 0 Å². The molecule has 0 fully saturated rings. The molecule has 0 radical (unpaired) electrons. The van der Waals surface area contributed by atoms with Gasteiger partial charge in [0, 0.05) is 10.6 Å². The molecule has 1 nitrogen and oxygen atoms in total. The average Bonchev–Trinajstić information content (AvgIpc) is 2.83. The van der Waals surface area contributed by atoms with Gasteiger partial charge in [-0.2, -0.15) is 13.2 Å². The van der Waals surface area contributed by atoms with Gasteiger partial charge in [-0.15, -0.1) is 0 Å². The SMILES string of the molecule is O=P(/C=C(\c1ccccc1)c1ccc(C(F)(F)F)cc1)(c1ccccc1)c1ccccc1. The van der Waals surface area contributed by atoms with E-state index in [2.05, 4.69) is 0 Å². The van der Waals surface area contributed by atoms with Gasteiger partial charge in [0.25, 0.3) is 0 Å². The van der Waals surface area contributed by atoms with Gasteiger partial charge in [-0.05, 0) is 34.6 Å². The number of halogens is 3. The summed E-state index contributed by atoms with van der Waals surface area (Å²) in [5, 5.41) is 1.32. The predicted molar refractivity (Wildman–Crippen MR) is 125 cm³/mol. The number of hydrogen-bond acceptors (Lipinski definition) is 1. The third-order valence-electron chi connectivity index (χ3n) is 5.20. The second-order valence-electron chi connectivity index (χ2n) is 7.31. The quantitative estimate of drug-likeness (QED) is 0.298. The fourth-order valence-electron chi connectivity index (χ4n) is 3.55. The molecule has 0 aliphatic rings. The summed E-state index contributed by atoms with van der Waals surface area (Å²) in [5.41, 5.74) is 1.24. The second-order valence-corrected chi connectivity index (χ2v) is 9.92. The summed E-state index contributed by atoms with van der Waals surface area (Å²) >= 11 is 0. The summed E-state index contributed by atoms with van der Waals surface area (Å²) < 4.78 is 53.8. The van der Waals surface area contributed by atoms with E-state index in [0.717, 1.165) is 17.7 Å². The van der Waals surface area contributed by atoms with Gasteiger partial charge >= 0.3 is 6.18 Å². The van der Waals surface area contributed by atoms with Crippen molar-refractivity contribution in [2.45, 2.75) is 6.18 Å². The minimum absolute atomic E-state index is 0.566. The van der Waals surface area contributed by atoms with Crippen molar-refractivity contribution in [3.63, 3.8) is 0 Å². The molecule has 0 amide bonds. The Morgan fingerprint density at radius 2 is 1.00 bits per heavy atom. The van der Waals surface area contributed by atoms with E-state index in [1.807, 2.05) is 91.0 Å². The average molecular weight is 448 g/mol. The van der Waals surface area contributed by atoms with Crippen molar-refractivity contribution >= 4 is 23.3 Å². The van der Waals surface area contributed by atoms with Crippen molar-refractivity contribution in [2.24, 2.45) is 0 Å². The summed E-state index contributed by atoms with van der Waals surface area (Å²) in [5.74, 6) is 1.72. The fourth-order valence-corrected chi connectivity index (χ4v) is 6.04. The Kier molecular flexibility index (Phi) is 6.16. The highest BCUT2D eigenvalue weighted by Crippen LogP contribution is 2.48. The van der Waals surface area contributed by atoms with E-state index in [4.69, 9.17) is 0 Å². The lowest BCUT2D eigenvalue weighted by atomic mass is 9.98. The molecule has 4 aromatic rings. The lowest BCUT2D eigenvalue weighted by molar-refractivity contribution is -0.137. The zero-order valence-corrected chi connectivity index (χ0v) is 17.9. The summed E-state index contributed by atoms with van der Waals surface area (Å²) in [7, 11) is -3.24. The molecular weight excluding hydrogens is 428 g/mol. The smallest absolute Gasteiger partial charge is 0.309 e. The first-order valence-corrected chi connectivity index (χ1v) is 11.8. The highest BCUT2D eigenvalue weighted by Gasteiger charge is 2.30. The molecule has 0 bridgehead atoms. The molecule has 0 heterocycles. The van der Waals surface area contributed by atoms with E-state index in [1.54, 1.807) is 5.82 Å². The first-order chi connectivity index (χ1) is 15.4. The lowest BCUT2D eigenvalue weighted by Gasteiger charge is -2.19. The van der Waals surface area contributed by atoms with Gasteiger partial charge in [-0.25, -0.2) is 0 Å². The molecule has 4 rings (SSSR count). The monoisotopic (exact) mass is 448 g/mol. The van der Waals surface area contributed by atoms with Crippen LogP contribution in [0.1, 0.15) is 16.7 Å². The summed E-state index contributed by atoms with van der Waals surface area (Å²) in [6.07, 6.45) is -4.42. The van der Waals surface area contributed by atoms with Gasteiger partial charge in [-0.3, -0.25) is 0 Å². The molecule has 5 heteroatoms. The van der Waals surface area contributed by atoms with Crippen molar-refractivity contribution in [2.75, 3.05) is 0 Å². The third-order valence-corrected chi connectivity index (χ3v) is 7.95. The van der Waals surface area contributed by atoms with E-state index >= 15 is 0 Å². The maximum absolute atomic E-state index is 14.5. The van der Waals surface area contributed by atoms with E-state index < -0.39 is 18.9 Å². The minimum atomic E-state index is -4.42. The molecule has 0 aliphatic carbocycles. The largest absolute Gasteiger partial charge is 0.416 e. The number of alkyl halides is 3. The zero-order valence-electron chi connectivity index (χ0n) is 17.0. The third kappa shape index (κ3) is 4.61. The Balaban J connectivity index is 1.95. The molecule has 0 atom stereocenters. The van der Waals surface area contributed by atoms with Crippen LogP contribution in [0.15, 0.2) is 121 Å². The maximum atomic E-state index is 14.5. The van der Waals surface area contributed by atoms with Gasteiger partial charge < -0.3 is 4.57 Å². The molecule has 0 aromatic heterocycles. The number of hydrogen-bond donors (Lipinski definition) is 0. The van der Waals surface area contributed by atoms with Gasteiger partial charge in [-0.1, -0.05) is 103 Å². The van der Waals surface area contributed by atoms with E-state index in [9.17, 15) is 17.7 Å². The summed E-state index contributed by atoms with van der Waals surface area (Å²) in [6, 6.07) is 32.6. The van der Waals surface area contributed by atoms with Crippen LogP contribution < -0.4 is 10.6 Å². The van der Waals surface area contributed by atoms with Crippen LogP contribution in [0, 0.1) is 0 Å². The van der Waals surface area contributed by atoms with Crippen molar-refractivity contribution < 1.29 is 17.7 Å². The fraction of sp³-hybridized carbons (Fsp3) is 0.0370. The Labute approximate surface area is 185 Å². The molecule has 32 heavy (non-hydrogen) atoms. The highest BCUT2D eigenvalue weighted by molar-refractivity contribution is 7.81. The molecule has 0 saturated heterocycles. The molecule has 0 saturated carbocycles. The van der Waals surface area contributed by atoms with Crippen LogP contribution in [0.5, 0.6) is 0 Å². The Hall–Kier alpha value is -3.36. The van der Waals surface area contributed by atoms with E-state index in [0.29, 0.717) is 21.7 Å². The molecule has 0 spiro atoms. The van der Waals surface area contributed by atoms with E-state index in [1.165, 1.54) is 12.1 Å². The molecule has 0 unspecified atom stereocenters. The standard InChI is InChI=1S/C27H20F3OP/c28-27(29,30)23-18-16-22(17-19-23)26(21-10-4-1-5-11-21)20-32(31,24-12-6-2-7-13-24)25-14-8-3-9-15-25/h1-20H/b26-20+. The van der Waals surface area contributed by atoms with Crippen molar-refractivity contribution in [3.05, 3.63) is 138 Å². The van der Waals surface area contributed by atoms with Gasteiger partial charge in [0.05, 0.1) is 5.56 Å². The van der Waals surface area contributed by atoms with Gasteiger partial charge in [0.15, 0.2) is 7.14 Å². The van der Waals surface area contributed by atoms with Crippen LogP contribution in [0.2, 0.25) is 0 Å². The number of rotatable bonds is 5. The van der Waals surface area contributed by atoms with Gasteiger partial charge in [0.1, 0.15) is 0 Å². The Bertz CT molecular complexity index is 1200. The highest BCUT2D eigenvalue weighted by atomic mass is 31.2. The first kappa shape index (κ1) is 21.9. The molecule has 0 aliphatic heterocycles. The van der Waals surface area contributed by atoms with Crippen LogP contribution >= 0.6 is 7.14 Å². The van der Waals surface area contributed by atoms with Crippen LogP contribution in [-0.4, -0.2) is 0 Å². The van der Waals surface area contributed by atoms with E-state index in [-0.39, 0.29) is 0 Å². The van der Waals surface area contributed by atoms with Crippen LogP contribution in [-0.2, 0) is 10.7 Å². The van der Waals surface area contributed by atoms with Crippen LogP contribution in [0.25, 0.3) is 5.57 Å². The van der Waals surface area contributed by atoms with Crippen molar-refractivity contribution in [1.29, 1.82) is 0 Å². The topological polar surface area (TPSA) is 17.1 Å². The molecule has 4 aromatic carbocycles. The number of benzene rings is 4. The Morgan fingerprint density at radius 3 is 1.44 bits per heavy atom. The van der Waals surface area contributed by atoms with Gasteiger partial charge in [0.2, 0.25) is 0 Å². The normalized spacial score (nSPS) is 12.5. The molecular formula is C27H20F3OP. The maximum Gasteiger partial charge on any atom is 0.416 e. The predicted octanol–water partition coefficient (Wildman–Crippen LogP) is 7.11. The minimum Gasteiger partial charge on any atom is -0.309 e. The summed E-state index contributed by atoms with van der Waals surface area (Å²) in [4.78, 5) is 0. The second kappa shape index (κ2) is 9.02. The van der Waals surface area contributed by atoms with Crippen molar-refractivity contribution in [1.82, 2.24) is 0 Å². The Morgan fingerprint density at radius 1 is 0.594 bits per heavy atom. The lowest BCUT2D eigenvalue weighted by Crippen LogP contribution is -2.14. The van der Waals surface area contributed by atoms with Crippen LogP contribution in [0.3, 0.4) is 0 Å². The van der Waals surface area contributed by atoms with Crippen LogP contribution in [0.4, 0.5) is 13.2 Å². The zero-order chi connectivity index (χ0) is 22.6. The molecule has 0 N–H and O–H groups in total.